The summed E-state index contributed by atoms with van der Waals surface area (Å²) >= 11 is 4.98. The molecule has 0 saturated heterocycles. The monoisotopic (exact) mass is 343 g/mol. The highest BCUT2D eigenvalue weighted by molar-refractivity contribution is 9.10. The van der Waals surface area contributed by atoms with Crippen molar-refractivity contribution in [3.05, 3.63) is 39.3 Å². The van der Waals surface area contributed by atoms with Crippen molar-refractivity contribution in [2.75, 3.05) is 6.54 Å². The number of aliphatic hydroxyl groups is 1. The van der Waals surface area contributed by atoms with Crippen LogP contribution in [0.2, 0.25) is 0 Å². The maximum Gasteiger partial charge on any atom is 0.1000 e. The first-order valence-electron chi connectivity index (χ1n) is 6.14. The van der Waals surface area contributed by atoms with Gasteiger partial charge in [-0.2, -0.15) is 16.4 Å². The molecule has 0 aromatic carbocycles. The molecule has 2 N–H and O–H groups in total. The van der Waals surface area contributed by atoms with Gasteiger partial charge in [0.25, 0.3) is 0 Å². The number of rotatable bonds is 6. The Hall–Kier alpha value is -0.690. The molecular weight excluding hydrogens is 326 g/mol. The lowest BCUT2D eigenvalue weighted by Crippen LogP contribution is -2.41. The minimum absolute atomic E-state index is 0.233. The zero-order valence-electron chi connectivity index (χ0n) is 11.0. The third kappa shape index (κ3) is 4.14. The summed E-state index contributed by atoms with van der Waals surface area (Å²) in [6.07, 6.45) is 3.71. The summed E-state index contributed by atoms with van der Waals surface area (Å²) in [5.41, 5.74) is 0.123. The molecule has 104 valence electrons. The van der Waals surface area contributed by atoms with Gasteiger partial charge in [-0.25, -0.2) is 0 Å². The molecule has 0 radical (unpaired) electrons. The van der Waals surface area contributed by atoms with Crippen LogP contribution in [-0.2, 0) is 12.1 Å². The average molecular weight is 344 g/mol. The van der Waals surface area contributed by atoms with Crippen molar-refractivity contribution in [3.8, 4) is 0 Å². The molecule has 2 aromatic rings. The number of nitrogens with zero attached hydrogens (tertiary/aromatic N) is 2. The number of halogens is 1. The molecule has 0 unspecified atom stereocenters. The molecule has 0 saturated carbocycles. The Morgan fingerprint density at radius 2 is 2.42 bits per heavy atom. The summed E-state index contributed by atoms with van der Waals surface area (Å²) in [7, 11) is 0. The second kappa shape index (κ2) is 6.17. The third-order valence-corrected chi connectivity index (χ3v) is 4.09. The van der Waals surface area contributed by atoms with Gasteiger partial charge in [-0.3, -0.25) is 4.68 Å². The molecular formula is C13H18BrN3OS. The van der Waals surface area contributed by atoms with Gasteiger partial charge in [0.2, 0.25) is 0 Å². The number of thiophene rings is 1. The van der Waals surface area contributed by atoms with Crippen molar-refractivity contribution in [1.29, 1.82) is 0 Å². The summed E-state index contributed by atoms with van der Waals surface area (Å²) < 4.78 is 2.85. The Labute approximate surface area is 125 Å². The Balaban J connectivity index is 1.85. The Morgan fingerprint density at radius 3 is 3.00 bits per heavy atom. The SMILES string of the molecule is C[C@H](Cn1cc(Br)cn1)NC[C@@](C)(O)c1ccsc1. The van der Waals surface area contributed by atoms with Gasteiger partial charge in [-0.05, 0) is 52.2 Å². The number of hydrogen-bond acceptors (Lipinski definition) is 4. The Morgan fingerprint density at radius 1 is 1.63 bits per heavy atom. The van der Waals surface area contributed by atoms with Gasteiger partial charge in [-0.1, -0.05) is 0 Å². The van der Waals surface area contributed by atoms with Crippen molar-refractivity contribution in [1.82, 2.24) is 15.1 Å². The second-order valence-corrected chi connectivity index (χ2v) is 6.64. The molecule has 0 bridgehead atoms. The third-order valence-electron chi connectivity index (χ3n) is 3.00. The van der Waals surface area contributed by atoms with Crippen LogP contribution in [0.4, 0.5) is 0 Å². The van der Waals surface area contributed by atoms with E-state index >= 15 is 0 Å². The molecule has 2 atom stereocenters. The lowest BCUT2D eigenvalue weighted by Gasteiger charge is -2.25. The molecule has 0 spiro atoms. The first-order chi connectivity index (χ1) is 8.97. The van der Waals surface area contributed by atoms with Gasteiger partial charge in [0.15, 0.2) is 0 Å². The molecule has 0 aliphatic heterocycles. The predicted molar refractivity (Wildman–Crippen MR) is 81.3 cm³/mol. The van der Waals surface area contributed by atoms with Crippen molar-refractivity contribution in [2.45, 2.75) is 32.0 Å². The van der Waals surface area contributed by atoms with Crippen molar-refractivity contribution >= 4 is 27.3 Å². The fourth-order valence-electron chi connectivity index (χ4n) is 1.83. The van der Waals surface area contributed by atoms with E-state index in [-0.39, 0.29) is 6.04 Å². The van der Waals surface area contributed by atoms with Crippen LogP contribution in [0.3, 0.4) is 0 Å². The van der Waals surface area contributed by atoms with E-state index < -0.39 is 5.60 Å². The molecule has 2 aromatic heterocycles. The molecule has 0 aliphatic rings. The zero-order chi connectivity index (χ0) is 13.9. The molecule has 2 rings (SSSR count). The lowest BCUT2D eigenvalue weighted by molar-refractivity contribution is 0.0541. The number of nitrogens with one attached hydrogen (secondary N) is 1. The van der Waals surface area contributed by atoms with Crippen LogP contribution in [0.15, 0.2) is 33.7 Å². The topological polar surface area (TPSA) is 50.1 Å². The van der Waals surface area contributed by atoms with Gasteiger partial charge in [0, 0.05) is 18.8 Å². The van der Waals surface area contributed by atoms with Crippen LogP contribution in [0.1, 0.15) is 19.4 Å². The first-order valence-corrected chi connectivity index (χ1v) is 7.87. The minimum Gasteiger partial charge on any atom is -0.384 e. The standard InChI is InChI=1S/C13H18BrN3OS/c1-10(6-17-7-12(14)5-16-17)15-9-13(2,18)11-3-4-19-8-11/h3-5,7-8,10,15,18H,6,9H2,1-2H3/t10-,13-/m1/s1. The van der Waals surface area contributed by atoms with Gasteiger partial charge in [0.1, 0.15) is 0 Å². The fraction of sp³-hybridized carbons (Fsp3) is 0.462. The lowest BCUT2D eigenvalue weighted by atomic mass is 9.99. The van der Waals surface area contributed by atoms with E-state index in [2.05, 4.69) is 33.3 Å². The van der Waals surface area contributed by atoms with E-state index in [1.54, 1.807) is 17.5 Å². The summed E-state index contributed by atoms with van der Waals surface area (Å²) in [6, 6.07) is 2.19. The Kier molecular flexibility index (Phi) is 4.78. The molecule has 4 nitrogen and oxygen atoms in total. The van der Waals surface area contributed by atoms with Gasteiger partial charge < -0.3 is 10.4 Å². The van der Waals surface area contributed by atoms with Crippen molar-refractivity contribution in [3.63, 3.8) is 0 Å². The number of aromatic nitrogens is 2. The molecule has 2 heterocycles. The fourth-order valence-corrected chi connectivity index (χ4v) is 2.94. The smallest absolute Gasteiger partial charge is 0.1000 e. The van der Waals surface area contributed by atoms with E-state index in [9.17, 15) is 5.11 Å². The van der Waals surface area contributed by atoms with E-state index in [1.807, 2.05) is 34.6 Å². The summed E-state index contributed by atoms with van der Waals surface area (Å²) in [5, 5.41) is 21.9. The highest BCUT2D eigenvalue weighted by Gasteiger charge is 2.23. The minimum atomic E-state index is -0.834. The van der Waals surface area contributed by atoms with Crippen LogP contribution in [0.25, 0.3) is 0 Å². The van der Waals surface area contributed by atoms with Crippen LogP contribution < -0.4 is 5.32 Å². The highest BCUT2D eigenvalue weighted by Crippen LogP contribution is 2.22. The van der Waals surface area contributed by atoms with Crippen LogP contribution >= 0.6 is 27.3 Å². The molecule has 0 aliphatic carbocycles. The maximum atomic E-state index is 10.4. The molecule has 0 amide bonds. The molecule has 0 fully saturated rings. The molecule has 19 heavy (non-hydrogen) atoms. The number of hydrogen-bond donors (Lipinski definition) is 2. The quantitative estimate of drug-likeness (QED) is 0.847. The summed E-state index contributed by atoms with van der Waals surface area (Å²) in [4.78, 5) is 0. The van der Waals surface area contributed by atoms with E-state index in [1.165, 1.54) is 0 Å². The van der Waals surface area contributed by atoms with E-state index in [4.69, 9.17) is 0 Å². The highest BCUT2D eigenvalue weighted by atomic mass is 79.9. The Bertz CT molecular complexity index is 510. The molecule has 6 heteroatoms. The normalized spacial score (nSPS) is 16.2. The first kappa shape index (κ1) is 14.7. The van der Waals surface area contributed by atoms with E-state index in [0.29, 0.717) is 6.54 Å². The summed E-state index contributed by atoms with van der Waals surface area (Å²) in [5.74, 6) is 0. The van der Waals surface area contributed by atoms with Crippen LogP contribution in [-0.4, -0.2) is 27.5 Å². The van der Waals surface area contributed by atoms with Gasteiger partial charge in [0.05, 0.1) is 22.8 Å². The van der Waals surface area contributed by atoms with E-state index in [0.717, 1.165) is 16.6 Å². The van der Waals surface area contributed by atoms with Crippen molar-refractivity contribution < 1.29 is 5.11 Å². The van der Waals surface area contributed by atoms with Crippen LogP contribution in [0.5, 0.6) is 0 Å². The van der Waals surface area contributed by atoms with Crippen LogP contribution in [0, 0.1) is 0 Å². The van der Waals surface area contributed by atoms with Gasteiger partial charge in [-0.15, -0.1) is 0 Å². The largest absolute Gasteiger partial charge is 0.384 e. The zero-order valence-corrected chi connectivity index (χ0v) is 13.4. The van der Waals surface area contributed by atoms with Gasteiger partial charge >= 0.3 is 0 Å². The second-order valence-electron chi connectivity index (χ2n) is 4.95. The van der Waals surface area contributed by atoms with Crippen molar-refractivity contribution in [2.24, 2.45) is 0 Å². The summed E-state index contributed by atoms with van der Waals surface area (Å²) in [6.45, 7) is 5.21. The predicted octanol–water partition coefficient (Wildman–Crippen LogP) is 2.59. The maximum absolute atomic E-state index is 10.4. The average Bonchev–Trinajstić information content (AvgIpc) is 2.98.